The number of carbonyl (C=O) groups is 2. The van der Waals surface area contributed by atoms with Gasteiger partial charge in [-0.05, 0) is 37.3 Å². The van der Waals surface area contributed by atoms with Crippen molar-refractivity contribution in [2.75, 3.05) is 25.6 Å². The molecule has 1 aromatic carbocycles. The third-order valence-electron chi connectivity index (χ3n) is 6.92. The second-order valence-electron chi connectivity index (χ2n) is 8.84. The zero-order chi connectivity index (χ0) is 21.4. The van der Waals surface area contributed by atoms with Crippen molar-refractivity contribution in [2.45, 2.75) is 62.3 Å². The second-order valence-corrected chi connectivity index (χ2v) is 9.85. The summed E-state index contributed by atoms with van der Waals surface area (Å²) < 4.78 is 5.33. The van der Waals surface area contributed by atoms with E-state index >= 15 is 0 Å². The standard InChI is InChI=1S/C23H28N4O3S/c1-30-14-13-27-21(29)17-8-4-3-7-16(17)18(23(27)11-5-2-6-12-23)19(28)24-22-26-25-20(31-22)15-9-10-15/h3-4,7-8,15,18H,2,5-6,9-14H2,1H3,(H,24,26,28)/t18-/m1/s1. The average molecular weight is 441 g/mol. The maximum Gasteiger partial charge on any atom is 0.254 e. The first-order valence-electron chi connectivity index (χ1n) is 11.2. The van der Waals surface area contributed by atoms with Crippen LogP contribution in [0.5, 0.6) is 0 Å². The second kappa shape index (κ2) is 8.31. The van der Waals surface area contributed by atoms with Crippen LogP contribution in [0.1, 0.15) is 77.7 Å². The Morgan fingerprint density at radius 2 is 2.00 bits per heavy atom. The number of carbonyl (C=O) groups excluding carboxylic acids is 2. The summed E-state index contributed by atoms with van der Waals surface area (Å²) >= 11 is 1.47. The minimum Gasteiger partial charge on any atom is -0.383 e. The van der Waals surface area contributed by atoms with Crippen molar-refractivity contribution in [3.63, 3.8) is 0 Å². The third-order valence-corrected chi connectivity index (χ3v) is 7.92. The molecule has 31 heavy (non-hydrogen) atoms. The predicted molar refractivity (Wildman–Crippen MR) is 118 cm³/mol. The molecule has 2 aromatic rings. The number of hydrogen-bond acceptors (Lipinski definition) is 6. The van der Waals surface area contributed by atoms with E-state index in [-0.39, 0.29) is 11.8 Å². The first-order chi connectivity index (χ1) is 15.1. The number of methoxy groups -OCH3 is 1. The van der Waals surface area contributed by atoms with Gasteiger partial charge in [0.1, 0.15) is 5.01 Å². The Morgan fingerprint density at radius 1 is 1.23 bits per heavy atom. The molecule has 2 saturated carbocycles. The molecule has 2 aliphatic carbocycles. The van der Waals surface area contributed by atoms with Gasteiger partial charge in [0, 0.05) is 25.1 Å². The van der Waals surface area contributed by atoms with E-state index in [1.807, 2.05) is 29.2 Å². The molecular formula is C23H28N4O3S. The number of hydrogen-bond donors (Lipinski definition) is 1. The summed E-state index contributed by atoms with van der Waals surface area (Å²) in [7, 11) is 1.65. The molecule has 8 heteroatoms. The van der Waals surface area contributed by atoms with E-state index in [0.29, 0.717) is 29.8 Å². The Bertz CT molecular complexity index is 981. The highest BCUT2D eigenvalue weighted by atomic mass is 32.1. The fourth-order valence-electron chi connectivity index (χ4n) is 5.31. The molecule has 5 rings (SSSR count). The number of anilines is 1. The molecule has 2 amide bonds. The lowest BCUT2D eigenvalue weighted by Crippen LogP contribution is -2.62. The van der Waals surface area contributed by atoms with Gasteiger partial charge in [-0.1, -0.05) is 48.8 Å². The van der Waals surface area contributed by atoms with Gasteiger partial charge in [-0.25, -0.2) is 0 Å². The minimum absolute atomic E-state index is 0.00512. The monoisotopic (exact) mass is 440 g/mol. The highest BCUT2D eigenvalue weighted by molar-refractivity contribution is 7.15. The zero-order valence-corrected chi connectivity index (χ0v) is 18.6. The van der Waals surface area contributed by atoms with Gasteiger partial charge in [-0.3, -0.25) is 14.9 Å². The molecular weight excluding hydrogens is 412 g/mol. The summed E-state index contributed by atoms with van der Waals surface area (Å²) in [6, 6.07) is 7.57. The minimum atomic E-state index is -0.531. The molecule has 1 aliphatic heterocycles. The number of ether oxygens (including phenoxy) is 1. The van der Waals surface area contributed by atoms with Crippen LogP contribution in [0.25, 0.3) is 0 Å². The lowest BCUT2D eigenvalue weighted by atomic mass is 9.65. The summed E-state index contributed by atoms with van der Waals surface area (Å²) in [5.41, 5.74) is 0.912. The van der Waals surface area contributed by atoms with E-state index in [1.54, 1.807) is 7.11 Å². The van der Waals surface area contributed by atoms with Crippen LogP contribution < -0.4 is 5.32 Å². The van der Waals surface area contributed by atoms with Gasteiger partial charge < -0.3 is 9.64 Å². The first kappa shape index (κ1) is 20.6. The molecule has 1 aromatic heterocycles. The predicted octanol–water partition coefficient (Wildman–Crippen LogP) is 3.94. The van der Waals surface area contributed by atoms with Gasteiger partial charge in [0.15, 0.2) is 0 Å². The smallest absolute Gasteiger partial charge is 0.254 e. The number of rotatable bonds is 6. The van der Waals surface area contributed by atoms with Gasteiger partial charge in [-0.2, -0.15) is 0 Å². The van der Waals surface area contributed by atoms with Crippen LogP contribution in [0.4, 0.5) is 5.13 Å². The van der Waals surface area contributed by atoms with Crippen molar-refractivity contribution in [1.29, 1.82) is 0 Å². The lowest BCUT2D eigenvalue weighted by Gasteiger charge is -2.53. The summed E-state index contributed by atoms with van der Waals surface area (Å²) in [5.74, 6) is -0.0227. The number of benzene rings is 1. The Balaban J connectivity index is 1.54. The van der Waals surface area contributed by atoms with Gasteiger partial charge in [-0.15, -0.1) is 10.2 Å². The molecule has 164 valence electrons. The van der Waals surface area contributed by atoms with Gasteiger partial charge in [0.05, 0.1) is 18.1 Å². The van der Waals surface area contributed by atoms with E-state index < -0.39 is 11.5 Å². The van der Waals surface area contributed by atoms with Crippen LogP contribution in [-0.2, 0) is 9.53 Å². The first-order valence-corrected chi connectivity index (χ1v) is 12.0. The van der Waals surface area contributed by atoms with Crippen LogP contribution in [0, 0.1) is 0 Å². The van der Waals surface area contributed by atoms with E-state index in [9.17, 15) is 9.59 Å². The van der Waals surface area contributed by atoms with Crippen molar-refractivity contribution in [3.05, 3.63) is 40.4 Å². The highest BCUT2D eigenvalue weighted by Gasteiger charge is 2.54. The highest BCUT2D eigenvalue weighted by Crippen LogP contribution is 2.49. The van der Waals surface area contributed by atoms with Crippen LogP contribution in [0.3, 0.4) is 0 Å². The summed E-state index contributed by atoms with van der Waals surface area (Å²) in [6.45, 7) is 0.934. The van der Waals surface area contributed by atoms with E-state index in [2.05, 4.69) is 15.5 Å². The lowest BCUT2D eigenvalue weighted by molar-refractivity contribution is -0.122. The van der Waals surface area contributed by atoms with Crippen molar-refractivity contribution in [2.24, 2.45) is 0 Å². The van der Waals surface area contributed by atoms with Crippen LogP contribution in [0.15, 0.2) is 24.3 Å². The van der Waals surface area contributed by atoms with Crippen LogP contribution in [-0.4, -0.2) is 52.7 Å². The van der Waals surface area contributed by atoms with Crippen molar-refractivity contribution >= 4 is 28.3 Å². The normalized spacial score (nSPS) is 22.4. The van der Waals surface area contributed by atoms with Gasteiger partial charge in [0.2, 0.25) is 11.0 Å². The molecule has 0 unspecified atom stereocenters. The van der Waals surface area contributed by atoms with E-state index in [0.717, 1.165) is 55.5 Å². The van der Waals surface area contributed by atoms with Crippen LogP contribution in [0.2, 0.25) is 0 Å². The summed E-state index contributed by atoms with van der Waals surface area (Å²) in [5, 5.41) is 13.1. The molecule has 1 atom stereocenters. The number of nitrogens with one attached hydrogen (secondary N) is 1. The molecule has 0 radical (unpaired) electrons. The van der Waals surface area contributed by atoms with Crippen LogP contribution >= 0.6 is 11.3 Å². The van der Waals surface area contributed by atoms with Crippen molar-refractivity contribution in [3.8, 4) is 0 Å². The molecule has 2 fully saturated rings. The molecule has 1 spiro atoms. The maximum absolute atomic E-state index is 13.8. The molecule has 2 heterocycles. The maximum atomic E-state index is 13.8. The molecule has 7 nitrogen and oxygen atoms in total. The Labute approximate surface area is 186 Å². The van der Waals surface area contributed by atoms with Gasteiger partial charge >= 0.3 is 0 Å². The summed E-state index contributed by atoms with van der Waals surface area (Å²) in [4.78, 5) is 29.2. The fourth-order valence-corrected chi connectivity index (χ4v) is 6.22. The number of amides is 2. The average Bonchev–Trinajstić information content (AvgIpc) is 3.53. The molecule has 0 saturated heterocycles. The third kappa shape index (κ3) is 3.65. The van der Waals surface area contributed by atoms with E-state index in [4.69, 9.17) is 4.74 Å². The topological polar surface area (TPSA) is 84.4 Å². The Kier molecular flexibility index (Phi) is 5.52. The SMILES string of the molecule is COCCN1C(=O)c2ccccc2[C@H](C(=O)Nc2nnc(C3CC3)s2)C12CCCCC2. The Hall–Kier alpha value is -2.32. The van der Waals surface area contributed by atoms with Crippen molar-refractivity contribution < 1.29 is 14.3 Å². The quantitative estimate of drug-likeness (QED) is 0.735. The molecule has 3 aliphatic rings. The number of fused-ring (bicyclic) bond motifs is 1. The van der Waals surface area contributed by atoms with Crippen molar-refractivity contribution in [1.82, 2.24) is 15.1 Å². The zero-order valence-electron chi connectivity index (χ0n) is 17.8. The van der Waals surface area contributed by atoms with Gasteiger partial charge in [0.25, 0.3) is 5.91 Å². The molecule has 1 N–H and O–H groups in total. The Morgan fingerprint density at radius 3 is 2.74 bits per heavy atom. The van der Waals surface area contributed by atoms with E-state index in [1.165, 1.54) is 11.3 Å². The number of nitrogens with zero attached hydrogens (tertiary/aromatic N) is 3. The number of aromatic nitrogens is 2. The fraction of sp³-hybridized carbons (Fsp3) is 0.565. The largest absolute Gasteiger partial charge is 0.383 e. The molecule has 0 bridgehead atoms. The summed E-state index contributed by atoms with van der Waals surface area (Å²) in [6.07, 6.45) is 7.08.